The van der Waals surface area contributed by atoms with Gasteiger partial charge in [0.15, 0.2) is 0 Å². The van der Waals surface area contributed by atoms with Crippen molar-refractivity contribution >= 4 is 11.9 Å². The Morgan fingerprint density at radius 3 is 2.10 bits per heavy atom. The molecular weight excluding hydrogens is 256 g/mol. The molecule has 0 saturated carbocycles. The van der Waals surface area contributed by atoms with Crippen LogP contribution in [0, 0.1) is 11.8 Å². The van der Waals surface area contributed by atoms with Crippen LogP contribution >= 0.6 is 0 Å². The van der Waals surface area contributed by atoms with E-state index in [1.54, 1.807) is 4.90 Å². The van der Waals surface area contributed by atoms with E-state index < -0.39 is 12.0 Å². The molecule has 0 aromatic carbocycles. The first kappa shape index (κ1) is 18.9. The van der Waals surface area contributed by atoms with Crippen LogP contribution in [0.3, 0.4) is 0 Å². The van der Waals surface area contributed by atoms with Crippen molar-refractivity contribution in [2.24, 2.45) is 17.6 Å². The molecule has 0 aliphatic carbocycles. The Morgan fingerprint density at radius 2 is 1.70 bits per heavy atom. The van der Waals surface area contributed by atoms with Gasteiger partial charge in [0.05, 0.1) is 13.2 Å². The molecule has 0 aliphatic heterocycles. The quantitative estimate of drug-likeness (QED) is 0.656. The number of ether oxygens (including phenoxy) is 1. The van der Waals surface area contributed by atoms with Gasteiger partial charge in [-0.25, -0.2) is 0 Å². The normalized spacial score (nSPS) is 13.9. The predicted molar refractivity (Wildman–Crippen MR) is 80.1 cm³/mol. The number of carbonyl (C=O) groups is 2. The Labute approximate surface area is 122 Å². The number of rotatable bonds is 9. The number of hydrogen-bond acceptors (Lipinski definition) is 4. The summed E-state index contributed by atoms with van der Waals surface area (Å²) in [7, 11) is 1.33. The minimum Gasteiger partial charge on any atom is -0.468 e. The van der Waals surface area contributed by atoms with E-state index in [0.29, 0.717) is 12.5 Å². The van der Waals surface area contributed by atoms with Gasteiger partial charge in [0, 0.05) is 6.54 Å². The number of nitrogens with two attached hydrogens (primary N) is 1. The predicted octanol–water partition coefficient (Wildman–Crippen LogP) is 1.80. The highest BCUT2D eigenvalue weighted by Gasteiger charge is 2.27. The van der Waals surface area contributed by atoms with Crippen LogP contribution in [0.2, 0.25) is 0 Å². The number of carbonyl (C=O) groups excluding carboxylic acids is 2. The Morgan fingerprint density at radius 1 is 1.15 bits per heavy atom. The lowest BCUT2D eigenvalue weighted by atomic mass is 9.97. The summed E-state index contributed by atoms with van der Waals surface area (Å²) in [5.41, 5.74) is 6.00. The van der Waals surface area contributed by atoms with Gasteiger partial charge < -0.3 is 15.4 Å². The summed E-state index contributed by atoms with van der Waals surface area (Å²) >= 11 is 0. The van der Waals surface area contributed by atoms with Gasteiger partial charge >= 0.3 is 5.97 Å². The van der Waals surface area contributed by atoms with E-state index in [1.807, 2.05) is 13.8 Å². The molecule has 2 atom stereocenters. The monoisotopic (exact) mass is 286 g/mol. The maximum Gasteiger partial charge on any atom is 0.325 e. The van der Waals surface area contributed by atoms with Gasteiger partial charge in [0.1, 0.15) is 6.54 Å². The largest absolute Gasteiger partial charge is 0.468 e. The summed E-state index contributed by atoms with van der Waals surface area (Å²) < 4.78 is 4.67. The van der Waals surface area contributed by atoms with Crippen molar-refractivity contribution < 1.29 is 14.3 Å². The summed E-state index contributed by atoms with van der Waals surface area (Å²) in [6.45, 7) is 8.67. The standard InChI is InChI=1S/C15H30N2O3/c1-6-11(4)14(16)15(19)17(10-13(18)20-5)9-12(7-2)8-3/h11-12,14H,6-10,16H2,1-5H3. The zero-order valence-electron chi connectivity index (χ0n) is 13.5. The molecule has 0 aromatic heterocycles. The van der Waals surface area contributed by atoms with E-state index in [2.05, 4.69) is 18.6 Å². The Balaban J connectivity index is 4.90. The lowest BCUT2D eigenvalue weighted by Gasteiger charge is -2.29. The van der Waals surface area contributed by atoms with Crippen LogP contribution in [0.4, 0.5) is 0 Å². The second-order valence-electron chi connectivity index (χ2n) is 5.39. The van der Waals surface area contributed by atoms with Crippen LogP contribution in [0.5, 0.6) is 0 Å². The van der Waals surface area contributed by atoms with Gasteiger partial charge in [-0.1, -0.05) is 47.0 Å². The van der Waals surface area contributed by atoms with E-state index in [-0.39, 0.29) is 18.4 Å². The van der Waals surface area contributed by atoms with Gasteiger partial charge in [-0.15, -0.1) is 0 Å². The van der Waals surface area contributed by atoms with Crippen molar-refractivity contribution in [3.8, 4) is 0 Å². The molecule has 20 heavy (non-hydrogen) atoms. The Kier molecular flexibility index (Phi) is 9.21. The highest BCUT2D eigenvalue weighted by Crippen LogP contribution is 2.14. The van der Waals surface area contributed by atoms with Gasteiger partial charge in [0.2, 0.25) is 5.91 Å². The molecular formula is C15H30N2O3. The second-order valence-corrected chi connectivity index (χ2v) is 5.39. The van der Waals surface area contributed by atoms with E-state index in [4.69, 9.17) is 5.73 Å². The molecule has 5 heteroatoms. The van der Waals surface area contributed by atoms with Crippen molar-refractivity contribution in [1.82, 2.24) is 4.90 Å². The van der Waals surface area contributed by atoms with Crippen molar-refractivity contribution in [3.63, 3.8) is 0 Å². The van der Waals surface area contributed by atoms with E-state index in [1.165, 1.54) is 7.11 Å². The summed E-state index contributed by atoms with van der Waals surface area (Å²) in [5, 5.41) is 0. The molecule has 118 valence electrons. The summed E-state index contributed by atoms with van der Waals surface area (Å²) in [6.07, 6.45) is 2.78. The highest BCUT2D eigenvalue weighted by atomic mass is 16.5. The highest BCUT2D eigenvalue weighted by molar-refractivity contribution is 5.85. The molecule has 2 N–H and O–H groups in total. The average molecular weight is 286 g/mol. The first-order chi connectivity index (χ1) is 9.40. The van der Waals surface area contributed by atoms with Crippen LogP contribution in [0.25, 0.3) is 0 Å². The van der Waals surface area contributed by atoms with Crippen LogP contribution < -0.4 is 5.73 Å². The van der Waals surface area contributed by atoms with E-state index in [9.17, 15) is 9.59 Å². The summed E-state index contributed by atoms with van der Waals surface area (Å²) in [6, 6.07) is -0.556. The summed E-state index contributed by atoms with van der Waals surface area (Å²) in [4.78, 5) is 25.5. The first-order valence-corrected chi connectivity index (χ1v) is 7.52. The molecule has 0 bridgehead atoms. The smallest absolute Gasteiger partial charge is 0.325 e. The fourth-order valence-corrected chi connectivity index (χ4v) is 2.02. The number of amides is 1. The molecule has 5 nitrogen and oxygen atoms in total. The van der Waals surface area contributed by atoms with E-state index in [0.717, 1.165) is 19.3 Å². The zero-order valence-corrected chi connectivity index (χ0v) is 13.5. The fourth-order valence-electron chi connectivity index (χ4n) is 2.02. The minimum absolute atomic E-state index is 0.0179. The number of nitrogens with zero attached hydrogens (tertiary/aromatic N) is 1. The minimum atomic E-state index is -0.556. The zero-order chi connectivity index (χ0) is 15.7. The first-order valence-electron chi connectivity index (χ1n) is 7.52. The van der Waals surface area contributed by atoms with Gasteiger partial charge in [-0.3, -0.25) is 9.59 Å². The molecule has 0 aliphatic rings. The third kappa shape index (κ3) is 5.90. The third-order valence-electron chi connectivity index (χ3n) is 4.03. The maximum absolute atomic E-state index is 12.5. The Hall–Kier alpha value is -1.10. The molecule has 2 unspecified atom stereocenters. The molecule has 0 fully saturated rings. The van der Waals surface area contributed by atoms with Gasteiger partial charge in [-0.2, -0.15) is 0 Å². The summed E-state index contributed by atoms with van der Waals surface area (Å²) in [5.74, 6) is -0.0746. The number of hydrogen-bond donors (Lipinski definition) is 1. The van der Waals surface area contributed by atoms with Crippen molar-refractivity contribution in [2.45, 2.75) is 53.0 Å². The van der Waals surface area contributed by atoms with E-state index >= 15 is 0 Å². The second kappa shape index (κ2) is 9.75. The SMILES string of the molecule is CCC(CC)CN(CC(=O)OC)C(=O)C(N)C(C)CC. The molecule has 0 heterocycles. The topological polar surface area (TPSA) is 72.6 Å². The molecule has 0 rings (SSSR count). The molecule has 1 amide bonds. The van der Waals surface area contributed by atoms with Crippen molar-refractivity contribution in [1.29, 1.82) is 0 Å². The lowest BCUT2D eigenvalue weighted by molar-refractivity contribution is -0.148. The van der Waals surface area contributed by atoms with Crippen LogP contribution in [-0.2, 0) is 14.3 Å². The number of esters is 1. The maximum atomic E-state index is 12.5. The lowest BCUT2D eigenvalue weighted by Crippen LogP contribution is -2.50. The molecule has 0 saturated heterocycles. The third-order valence-corrected chi connectivity index (χ3v) is 4.03. The van der Waals surface area contributed by atoms with Crippen LogP contribution in [0.15, 0.2) is 0 Å². The fraction of sp³-hybridized carbons (Fsp3) is 0.867. The Bertz CT molecular complexity index is 303. The van der Waals surface area contributed by atoms with Crippen LogP contribution in [0.1, 0.15) is 47.0 Å². The molecule has 0 radical (unpaired) electrons. The van der Waals surface area contributed by atoms with Gasteiger partial charge in [-0.05, 0) is 11.8 Å². The molecule has 0 aromatic rings. The van der Waals surface area contributed by atoms with Gasteiger partial charge in [0.25, 0.3) is 0 Å². The number of methoxy groups -OCH3 is 1. The van der Waals surface area contributed by atoms with Crippen molar-refractivity contribution in [2.75, 3.05) is 20.2 Å². The van der Waals surface area contributed by atoms with Crippen molar-refractivity contribution in [3.05, 3.63) is 0 Å². The average Bonchev–Trinajstić information content (AvgIpc) is 2.48. The molecule has 0 spiro atoms. The van der Waals surface area contributed by atoms with Crippen LogP contribution in [-0.4, -0.2) is 43.0 Å².